The van der Waals surface area contributed by atoms with E-state index in [1.165, 1.54) is 7.11 Å². The minimum atomic E-state index is -2.03. The lowest BCUT2D eigenvalue weighted by Crippen LogP contribution is -2.43. The number of benzene rings is 3. The predicted molar refractivity (Wildman–Crippen MR) is 108 cm³/mol. The van der Waals surface area contributed by atoms with E-state index in [9.17, 15) is 19.5 Å². The van der Waals surface area contributed by atoms with Gasteiger partial charge in [0.2, 0.25) is 0 Å². The van der Waals surface area contributed by atoms with Crippen molar-refractivity contribution < 1.29 is 24.2 Å². The van der Waals surface area contributed by atoms with E-state index in [0.29, 0.717) is 16.8 Å². The van der Waals surface area contributed by atoms with Crippen molar-refractivity contribution in [1.82, 2.24) is 0 Å². The highest BCUT2D eigenvalue weighted by Crippen LogP contribution is 2.42. The molecule has 1 aliphatic rings. The van der Waals surface area contributed by atoms with Crippen molar-refractivity contribution in [3.05, 3.63) is 77.9 Å². The third-order valence-electron chi connectivity index (χ3n) is 5.24. The third kappa shape index (κ3) is 3.17. The molecule has 6 heteroatoms. The highest BCUT2D eigenvalue weighted by molar-refractivity contribution is 6.12. The summed E-state index contributed by atoms with van der Waals surface area (Å²) in [6.45, 7) is -0.335. The van der Waals surface area contributed by atoms with E-state index in [0.717, 1.165) is 15.7 Å². The topological polar surface area (TPSA) is 83.9 Å². The molecule has 0 radical (unpaired) electrons. The Morgan fingerprint density at radius 3 is 2.45 bits per heavy atom. The van der Waals surface area contributed by atoms with Crippen LogP contribution in [0.2, 0.25) is 0 Å². The molecule has 29 heavy (non-hydrogen) atoms. The molecule has 3 aromatic rings. The minimum Gasteiger partial charge on any atom is -0.468 e. The zero-order valence-electron chi connectivity index (χ0n) is 15.8. The molecule has 4 rings (SSSR count). The van der Waals surface area contributed by atoms with Crippen molar-refractivity contribution >= 4 is 34.1 Å². The lowest BCUT2D eigenvalue weighted by Gasteiger charge is -2.22. The molecule has 0 unspecified atom stereocenters. The van der Waals surface area contributed by atoms with Crippen LogP contribution in [0.15, 0.2) is 66.7 Å². The predicted octanol–water partition coefficient (Wildman–Crippen LogP) is 2.82. The molecule has 3 aromatic carbocycles. The van der Waals surface area contributed by atoms with Gasteiger partial charge >= 0.3 is 5.97 Å². The Labute approximate surface area is 167 Å². The Bertz CT molecular complexity index is 1140. The van der Waals surface area contributed by atoms with Gasteiger partial charge < -0.3 is 9.84 Å². The van der Waals surface area contributed by atoms with Crippen molar-refractivity contribution in [3.8, 4) is 0 Å². The van der Waals surface area contributed by atoms with E-state index in [-0.39, 0.29) is 12.3 Å². The van der Waals surface area contributed by atoms with Gasteiger partial charge in [0, 0.05) is 11.1 Å². The van der Waals surface area contributed by atoms with E-state index in [1.807, 2.05) is 30.3 Å². The molecule has 1 atom stereocenters. The number of para-hydroxylation sites is 1. The summed E-state index contributed by atoms with van der Waals surface area (Å²) in [6.07, 6.45) is -0.418. The standard InChI is InChI=1S/C23H19NO5/c1-29-21(26)14-24-19-9-5-4-8-18(19)23(28,22(24)27)13-20(25)17-11-10-15-6-2-3-7-16(15)12-17/h2-12,28H,13-14H2,1H3/t23-/m1/s1. The van der Waals surface area contributed by atoms with Gasteiger partial charge in [-0.1, -0.05) is 54.6 Å². The molecular formula is C23H19NO5. The zero-order chi connectivity index (χ0) is 20.6. The summed E-state index contributed by atoms with van der Waals surface area (Å²) in [5.74, 6) is -1.68. The van der Waals surface area contributed by atoms with Gasteiger partial charge in [-0.05, 0) is 22.9 Å². The van der Waals surface area contributed by atoms with Gasteiger partial charge in [-0.15, -0.1) is 0 Å². The summed E-state index contributed by atoms with van der Waals surface area (Å²) in [4.78, 5) is 38.9. The lowest BCUT2D eigenvalue weighted by atomic mass is 9.88. The molecule has 0 spiro atoms. The number of ether oxygens (including phenoxy) is 1. The van der Waals surface area contributed by atoms with Crippen LogP contribution in [0.3, 0.4) is 0 Å². The summed E-state index contributed by atoms with van der Waals surface area (Å²) in [5, 5.41) is 13.1. The van der Waals surface area contributed by atoms with Gasteiger partial charge in [-0.25, -0.2) is 0 Å². The summed E-state index contributed by atoms with van der Waals surface area (Å²) >= 11 is 0. The molecule has 1 aliphatic heterocycles. The molecule has 1 heterocycles. The van der Waals surface area contributed by atoms with Crippen LogP contribution < -0.4 is 4.90 Å². The normalized spacial score (nSPS) is 18.0. The Morgan fingerprint density at radius 2 is 1.69 bits per heavy atom. The molecule has 1 amide bonds. The summed E-state index contributed by atoms with van der Waals surface area (Å²) in [5.41, 5.74) is -0.915. The van der Waals surface area contributed by atoms with Crippen molar-refractivity contribution in [2.75, 3.05) is 18.6 Å². The number of Topliss-reactive ketones (excluding diaryl/α,β-unsaturated/α-hetero) is 1. The second-order valence-electron chi connectivity index (χ2n) is 7.01. The quantitative estimate of drug-likeness (QED) is 0.536. The second-order valence-corrected chi connectivity index (χ2v) is 7.01. The van der Waals surface area contributed by atoms with Crippen LogP contribution in [0.4, 0.5) is 5.69 Å². The monoisotopic (exact) mass is 389 g/mol. The largest absolute Gasteiger partial charge is 0.468 e. The molecule has 0 saturated heterocycles. The number of amides is 1. The average Bonchev–Trinajstić information content (AvgIpc) is 2.95. The number of anilines is 1. The number of rotatable bonds is 5. The van der Waals surface area contributed by atoms with Crippen LogP contribution in [0.25, 0.3) is 10.8 Å². The number of carbonyl (C=O) groups is 3. The van der Waals surface area contributed by atoms with E-state index in [2.05, 4.69) is 4.74 Å². The maximum atomic E-state index is 13.0. The second kappa shape index (κ2) is 7.14. The van der Waals surface area contributed by atoms with E-state index < -0.39 is 23.9 Å². The molecule has 0 bridgehead atoms. The first kappa shape index (κ1) is 18.8. The minimum absolute atomic E-state index is 0.308. The van der Waals surface area contributed by atoms with E-state index in [1.54, 1.807) is 36.4 Å². The van der Waals surface area contributed by atoms with Crippen LogP contribution in [0.1, 0.15) is 22.3 Å². The summed E-state index contributed by atoms with van der Waals surface area (Å²) < 4.78 is 4.65. The number of carbonyl (C=O) groups excluding carboxylic acids is 3. The smallest absolute Gasteiger partial charge is 0.325 e. The molecule has 146 valence electrons. The van der Waals surface area contributed by atoms with E-state index in [4.69, 9.17) is 0 Å². The van der Waals surface area contributed by atoms with Gasteiger partial charge in [0.1, 0.15) is 6.54 Å². The number of hydrogen-bond acceptors (Lipinski definition) is 5. The fourth-order valence-electron chi connectivity index (χ4n) is 3.73. The number of esters is 1. The number of hydrogen-bond donors (Lipinski definition) is 1. The van der Waals surface area contributed by atoms with Crippen LogP contribution in [0, 0.1) is 0 Å². The molecule has 0 fully saturated rings. The lowest BCUT2D eigenvalue weighted by molar-refractivity contribution is -0.142. The summed E-state index contributed by atoms with van der Waals surface area (Å²) in [7, 11) is 1.23. The molecule has 0 aliphatic carbocycles. The highest BCUT2D eigenvalue weighted by Gasteiger charge is 2.51. The molecule has 1 N–H and O–H groups in total. The highest BCUT2D eigenvalue weighted by atomic mass is 16.5. The van der Waals surface area contributed by atoms with Crippen LogP contribution in [-0.4, -0.2) is 36.4 Å². The fraction of sp³-hybridized carbons (Fsp3) is 0.174. The SMILES string of the molecule is COC(=O)CN1C(=O)[C@@](O)(CC(=O)c2ccc3ccccc3c2)c2ccccc21. The first-order valence-electron chi connectivity index (χ1n) is 9.17. The van der Waals surface area contributed by atoms with Crippen LogP contribution in [0.5, 0.6) is 0 Å². The number of nitrogens with zero attached hydrogens (tertiary/aromatic N) is 1. The zero-order valence-corrected chi connectivity index (χ0v) is 15.8. The number of methoxy groups -OCH3 is 1. The van der Waals surface area contributed by atoms with Gasteiger partial charge in [0.25, 0.3) is 5.91 Å². The number of fused-ring (bicyclic) bond motifs is 2. The van der Waals surface area contributed by atoms with Gasteiger partial charge in [0.05, 0.1) is 19.2 Å². The van der Waals surface area contributed by atoms with Crippen LogP contribution in [-0.2, 0) is 19.9 Å². The first-order chi connectivity index (χ1) is 13.9. The van der Waals surface area contributed by atoms with E-state index >= 15 is 0 Å². The fourth-order valence-corrected chi connectivity index (χ4v) is 3.73. The van der Waals surface area contributed by atoms with Crippen molar-refractivity contribution in [3.63, 3.8) is 0 Å². The maximum Gasteiger partial charge on any atom is 0.325 e. The Kier molecular flexibility index (Phi) is 4.64. The Hall–Kier alpha value is -3.51. The van der Waals surface area contributed by atoms with Gasteiger partial charge in [0.15, 0.2) is 11.4 Å². The number of aliphatic hydroxyl groups is 1. The Morgan fingerprint density at radius 1 is 1.00 bits per heavy atom. The van der Waals surface area contributed by atoms with Crippen LogP contribution >= 0.6 is 0 Å². The maximum absolute atomic E-state index is 13.0. The van der Waals surface area contributed by atoms with Crippen molar-refractivity contribution in [2.45, 2.75) is 12.0 Å². The summed E-state index contributed by atoms with van der Waals surface area (Å²) in [6, 6.07) is 19.5. The average molecular weight is 389 g/mol. The van der Waals surface area contributed by atoms with Gasteiger partial charge in [-0.2, -0.15) is 0 Å². The van der Waals surface area contributed by atoms with Crippen molar-refractivity contribution in [1.29, 1.82) is 0 Å². The first-order valence-corrected chi connectivity index (χ1v) is 9.17. The molecule has 6 nitrogen and oxygen atoms in total. The molecular weight excluding hydrogens is 370 g/mol. The Balaban J connectivity index is 1.68. The third-order valence-corrected chi connectivity index (χ3v) is 5.24. The molecule has 0 aromatic heterocycles. The molecule has 0 saturated carbocycles. The van der Waals surface area contributed by atoms with Crippen molar-refractivity contribution in [2.24, 2.45) is 0 Å². The number of ketones is 1. The van der Waals surface area contributed by atoms with Gasteiger partial charge in [-0.3, -0.25) is 19.3 Å².